The van der Waals surface area contributed by atoms with Crippen LogP contribution in [-0.4, -0.2) is 16.8 Å². The number of carbonyl (C=O) groups is 2. The lowest BCUT2D eigenvalue weighted by Crippen LogP contribution is -2.40. The number of halogens is 2. The van der Waals surface area contributed by atoms with Gasteiger partial charge in [-0.2, -0.15) is 0 Å². The van der Waals surface area contributed by atoms with E-state index in [1.54, 1.807) is 37.3 Å². The van der Waals surface area contributed by atoms with Gasteiger partial charge in [-0.05, 0) is 36.8 Å². The van der Waals surface area contributed by atoms with Crippen LogP contribution >= 0.6 is 23.2 Å². The third-order valence-corrected chi connectivity index (χ3v) is 4.35. The van der Waals surface area contributed by atoms with Crippen LogP contribution in [-0.2, 0) is 16.9 Å². The Kier molecular flexibility index (Phi) is 3.62. The topological polar surface area (TPSA) is 62.6 Å². The number of amides is 3. The zero-order valence-corrected chi connectivity index (χ0v) is 13.1. The molecule has 1 unspecified atom stereocenters. The number of nitrogens with zero attached hydrogens (tertiary/aromatic N) is 1. The fourth-order valence-corrected chi connectivity index (χ4v) is 2.71. The van der Waals surface area contributed by atoms with Crippen molar-refractivity contribution in [1.82, 2.24) is 10.2 Å². The minimum Gasteiger partial charge on any atom is -0.466 e. The summed E-state index contributed by atoms with van der Waals surface area (Å²) < 4.78 is 5.27. The molecular weight excluding hydrogens is 327 g/mol. The summed E-state index contributed by atoms with van der Waals surface area (Å²) in [6, 6.07) is 7.82. The maximum absolute atomic E-state index is 12.6. The third-order valence-electron chi connectivity index (χ3n) is 3.61. The molecule has 3 amide bonds. The first-order valence-electron chi connectivity index (χ1n) is 6.54. The highest BCUT2D eigenvalue weighted by Gasteiger charge is 2.50. The second-order valence-electron chi connectivity index (χ2n) is 5.17. The van der Waals surface area contributed by atoms with Crippen molar-refractivity contribution in [1.29, 1.82) is 0 Å². The predicted octanol–water partition coefficient (Wildman–Crippen LogP) is 3.55. The molecule has 0 radical (unpaired) electrons. The van der Waals surface area contributed by atoms with Gasteiger partial charge in [0.15, 0.2) is 5.54 Å². The highest BCUT2D eigenvalue weighted by molar-refractivity contribution is 6.42. The van der Waals surface area contributed by atoms with E-state index in [9.17, 15) is 9.59 Å². The van der Waals surface area contributed by atoms with E-state index in [-0.39, 0.29) is 12.5 Å². The number of benzene rings is 1. The molecule has 2 aromatic rings. The van der Waals surface area contributed by atoms with Gasteiger partial charge in [-0.25, -0.2) is 4.79 Å². The van der Waals surface area contributed by atoms with Gasteiger partial charge in [-0.3, -0.25) is 9.69 Å². The molecule has 1 N–H and O–H groups in total. The van der Waals surface area contributed by atoms with Crippen LogP contribution < -0.4 is 5.32 Å². The molecule has 3 rings (SSSR count). The van der Waals surface area contributed by atoms with Crippen molar-refractivity contribution < 1.29 is 14.0 Å². The molecule has 0 spiro atoms. The van der Waals surface area contributed by atoms with Gasteiger partial charge in [-0.15, -0.1) is 0 Å². The van der Waals surface area contributed by atoms with Gasteiger partial charge in [0.2, 0.25) is 0 Å². The van der Waals surface area contributed by atoms with Gasteiger partial charge in [0.1, 0.15) is 5.76 Å². The van der Waals surface area contributed by atoms with Gasteiger partial charge in [-0.1, -0.05) is 29.3 Å². The second kappa shape index (κ2) is 5.34. The normalized spacial score (nSPS) is 21.3. The maximum atomic E-state index is 12.6. The summed E-state index contributed by atoms with van der Waals surface area (Å²) in [5, 5.41) is 3.46. The van der Waals surface area contributed by atoms with E-state index >= 15 is 0 Å². The molecule has 5 nitrogen and oxygen atoms in total. The average molecular weight is 339 g/mol. The summed E-state index contributed by atoms with van der Waals surface area (Å²) in [4.78, 5) is 25.9. The number of rotatable bonds is 3. The summed E-state index contributed by atoms with van der Waals surface area (Å²) in [6.45, 7) is 1.72. The van der Waals surface area contributed by atoms with Crippen molar-refractivity contribution in [2.75, 3.05) is 0 Å². The lowest BCUT2D eigenvalue weighted by atomic mass is 9.99. The molecule has 1 aromatic carbocycles. The van der Waals surface area contributed by atoms with Crippen LogP contribution in [0.25, 0.3) is 0 Å². The van der Waals surface area contributed by atoms with E-state index in [1.165, 1.54) is 6.26 Å². The van der Waals surface area contributed by atoms with Crippen LogP contribution in [0.5, 0.6) is 0 Å². The lowest BCUT2D eigenvalue weighted by Gasteiger charge is -2.19. The highest BCUT2D eigenvalue weighted by Crippen LogP contribution is 2.31. The minimum absolute atomic E-state index is 0.109. The van der Waals surface area contributed by atoms with E-state index in [0.717, 1.165) is 4.90 Å². The standard InChI is InChI=1S/C15H12Cl2N2O3/c1-15(12-3-2-6-22-12)13(20)19(14(21)18-15)8-9-4-5-10(16)11(17)7-9/h2-7H,8H2,1H3,(H,18,21). The molecular formula is C15H12Cl2N2O3. The van der Waals surface area contributed by atoms with Crippen molar-refractivity contribution in [3.63, 3.8) is 0 Å². The molecule has 114 valence electrons. The summed E-state index contributed by atoms with van der Waals surface area (Å²) >= 11 is 11.8. The summed E-state index contributed by atoms with van der Waals surface area (Å²) in [6.07, 6.45) is 1.46. The molecule has 1 atom stereocenters. The Morgan fingerprint density at radius 3 is 2.64 bits per heavy atom. The van der Waals surface area contributed by atoms with E-state index in [2.05, 4.69) is 5.32 Å². The third kappa shape index (κ3) is 2.36. The number of urea groups is 1. The van der Waals surface area contributed by atoms with Crippen LogP contribution in [0.3, 0.4) is 0 Å². The monoisotopic (exact) mass is 338 g/mol. The van der Waals surface area contributed by atoms with Crippen molar-refractivity contribution in [2.45, 2.75) is 19.0 Å². The molecule has 1 aliphatic rings. The zero-order chi connectivity index (χ0) is 15.9. The number of furan rings is 1. The Morgan fingerprint density at radius 1 is 1.23 bits per heavy atom. The average Bonchev–Trinajstić information content (AvgIpc) is 3.08. The van der Waals surface area contributed by atoms with Crippen LogP contribution in [0.15, 0.2) is 41.0 Å². The van der Waals surface area contributed by atoms with Crippen molar-refractivity contribution >= 4 is 35.1 Å². The summed E-state index contributed by atoms with van der Waals surface area (Å²) in [5.74, 6) is 0.0148. The zero-order valence-electron chi connectivity index (χ0n) is 11.6. The van der Waals surface area contributed by atoms with Gasteiger partial charge in [0.25, 0.3) is 5.91 Å². The predicted molar refractivity (Wildman–Crippen MR) is 81.6 cm³/mol. The highest BCUT2D eigenvalue weighted by atomic mass is 35.5. The quantitative estimate of drug-likeness (QED) is 0.870. The second-order valence-corrected chi connectivity index (χ2v) is 5.99. The van der Waals surface area contributed by atoms with Gasteiger partial charge < -0.3 is 9.73 Å². The maximum Gasteiger partial charge on any atom is 0.325 e. The number of hydrogen-bond donors (Lipinski definition) is 1. The molecule has 7 heteroatoms. The Hall–Kier alpha value is -1.98. The molecule has 1 aromatic heterocycles. The van der Waals surface area contributed by atoms with Crippen LogP contribution in [0.4, 0.5) is 4.79 Å². The molecule has 1 fully saturated rings. The first-order chi connectivity index (χ1) is 10.4. The van der Waals surface area contributed by atoms with E-state index in [1.807, 2.05) is 0 Å². The molecule has 0 bridgehead atoms. The Labute approximate surface area is 136 Å². The summed E-state index contributed by atoms with van der Waals surface area (Å²) in [5.41, 5.74) is -0.488. The van der Waals surface area contributed by atoms with Crippen molar-refractivity contribution in [3.8, 4) is 0 Å². The number of hydrogen-bond acceptors (Lipinski definition) is 3. The Bertz CT molecular complexity index is 745. The first-order valence-corrected chi connectivity index (χ1v) is 7.29. The van der Waals surface area contributed by atoms with E-state index in [0.29, 0.717) is 21.4 Å². The number of imide groups is 1. The van der Waals surface area contributed by atoms with Gasteiger partial charge in [0, 0.05) is 0 Å². The fraction of sp³-hybridized carbons (Fsp3) is 0.200. The fourth-order valence-electron chi connectivity index (χ4n) is 2.39. The van der Waals surface area contributed by atoms with Crippen molar-refractivity contribution in [2.24, 2.45) is 0 Å². The lowest BCUT2D eigenvalue weighted by molar-refractivity contribution is -0.132. The van der Waals surface area contributed by atoms with Crippen LogP contribution in [0.2, 0.25) is 10.0 Å². The molecule has 1 aliphatic heterocycles. The molecule has 0 saturated carbocycles. The first kappa shape index (κ1) is 14.9. The largest absolute Gasteiger partial charge is 0.466 e. The Balaban J connectivity index is 1.87. The van der Waals surface area contributed by atoms with E-state index in [4.69, 9.17) is 27.6 Å². The van der Waals surface area contributed by atoms with Crippen LogP contribution in [0, 0.1) is 0 Å². The van der Waals surface area contributed by atoms with Crippen LogP contribution in [0.1, 0.15) is 18.2 Å². The van der Waals surface area contributed by atoms with Gasteiger partial charge in [0.05, 0.1) is 22.9 Å². The Morgan fingerprint density at radius 2 is 2.00 bits per heavy atom. The van der Waals surface area contributed by atoms with Crippen molar-refractivity contribution in [3.05, 3.63) is 58.0 Å². The molecule has 0 aliphatic carbocycles. The SMILES string of the molecule is CC1(c2ccco2)NC(=O)N(Cc2ccc(Cl)c(Cl)c2)C1=O. The van der Waals surface area contributed by atoms with E-state index < -0.39 is 11.6 Å². The summed E-state index contributed by atoms with van der Waals surface area (Å²) in [7, 11) is 0. The van der Waals surface area contributed by atoms with Gasteiger partial charge >= 0.3 is 6.03 Å². The molecule has 22 heavy (non-hydrogen) atoms. The minimum atomic E-state index is -1.20. The molecule has 2 heterocycles. The smallest absolute Gasteiger partial charge is 0.325 e. The molecule has 1 saturated heterocycles. The number of carbonyl (C=O) groups excluding carboxylic acids is 2. The number of nitrogens with one attached hydrogen (secondary N) is 1.